The van der Waals surface area contributed by atoms with E-state index in [-0.39, 0.29) is 6.61 Å². The van der Waals surface area contributed by atoms with Crippen LogP contribution >= 0.6 is 0 Å². The molecule has 0 saturated heterocycles. The van der Waals surface area contributed by atoms with Crippen LogP contribution in [0.3, 0.4) is 0 Å². The third-order valence-electron chi connectivity index (χ3n) is 2.68. The number of aliphatic hydroxyl groups excluding tert-OH is 1. The van der Waals surface area contributed by atoms with Crippen molar-refractivity contribution in [3.05, 3.63) is 29.8 Å². The predicted octanol–water partition coefficient (Wildman–Crippen LogP) is 1.90. The molecule has 1 N–H and O–H groups in total. The van der Waals surface area contributed by atoms with Crippen LogP contribution in [0.1, 0.15) is 19.4 Å². The van der Waals surface area contributed by atoms with E-state index in [2.05, 4.69) is 18.7 Å². The summed E-state index contributed by atoms with van der Waals surface area (Å²) in [7, 11) is 0. The van der Waals surface area contributed by atoms with Gasteiger partial charge in [0.05, 0.1) is 6.61 Å². The van der Waals surface area contributed by atoms with Crippen molar-refractivity contribution >= 4 is 0 Å². The molecule has 0 heterocycles. The van der Waals surface area contributed by atoms with E-state index in [9.17, 15) is 0 Å². The highest BCUT2D eigenvalue weighted by atomic mass is 16.5. The van der Waals surface area contributed by atoms with Gasteiger partial charge in [-0.05, 0) is 30.8 Å². The number of benzene rings is 1. The van der Waals surface area contributed by atoms with Gasteiger partial charge in [-0.15, -0.1) is 0 Å². The van der Waals surface area contributed by atoms with Crippen molar-refractivity contribution < 1.29 is 9.84 Å². The number of aliphatic hydroxyl groups is 1. The van der Waals surface area contributed by atoms with E-state index in [0.29, 0.717) is 6.61 Å². The zero-order valence-corrected chi connectivity index (χ0v) is 10.1. The molecule has 0 unspecified atom stereocenters. The number of rotatable bonds is 7. The van der Waals surface area contributed by atoms with Crippen LogP contribution in [-0.2, 0) is 6.61 Å². The van der Waals surface area contributed by atoms with Gasteiger partial charge in [0.2, 0.25) is 0 Å². The highest BCUT2D eigenvalue weighted by Crippen LogP contribution is 2.11. The molecule has 0 atom stereocenters. The van der Waals surface area contributed by atoms with Crippen molar-refractivity contribution in [3.63, 3.8) is 0 Å². The van der Waals surface area contributed by atoms with Crippen LogP contribution in [0.4, 0.5) is 0 Å². The second-order valence-electron chi connectivity index (χ2n) is 3.68. The summed E-state index contributed by atoms with van der Waals surface area (Å²) in [6, 6.07) is 7.56. The Labute approximate surface area is 97.7 Å². The molecule has 0 aliphatic rings. The lowest BCUT2D eigenvalue weighted by Gasteiger charge is -2.17. The summed E-state index contributed by atoms with van der Waals surface area (Å²) in [5.74, 6) is 0.865. The fourth-order valence-electron chi connectivity index (χ4n) is 1.52. The van der Waals surface area contributed by atoms with Crippen molar-refractivity contribution in [1.82, 2.24) is 4.90 Å². The number of ether oxygens (including phenoxy) is 1. The van der Waals surface area contributed by atoms with Gasteiger partial charge >= 0.3 is 0 Å². The lowest BCUT2D eigenvalue weighted by molar-refractivity contribution is 0.222. The first-order valence-corrected chi connectivity index (χ1v) is 5.85. The molecule has 0 aliphatic carbocycles. The summed E-state index contributed by atoms with van der Waals surface area (Å²) < 4.78 is 5.62. The molecule has 0 bridgehead atoms. The monoisotopic (exact) mass is 223 g/mol. The highest BCUT2D eigenvalue weighted by Gasteiger charge is 1.99. The van der Waals surface area contributed by atoms with Crippen LogP contribution < -0.4 is 4.74 Å². The van der Waals surface area contributed by atoms with Crippen LogP contribution in [0.15, 0.2) is 24.3 Å². The van der Waals surface area contributed by atoms with Crippen LogP contribution in [0.2, 0.25) is 0 Å². The van der Waals surface area contributed by atoms with E-state index in [4.69, 9.17) is 9.84 Å². The zero-order valence-electron chi connectivity index (χ0n) is 10.1. The van der Waals surface area contributed by atoms with E-state index < -0.39 is 0 Å². The van der Waals surface area contributed by atoms with E-state index in [1.54, 1.807) is 0 Å². The van der Waals surface area contributed by atoms with Gasteiger partial charge in [-0.2, -0.15) is 0 Å². The number of hydrogen-bond donors (Lipinski definition) is 1. The largest absolute Gasteiger partial charge is 0.492 e. The van der Waals surface area contributed by atoms with Gasteiger partial charge in [0.15, 0.2) is 0 Å². The summed E-state index contributed by atoms with van der Waals surface area (Å²) in [5.41, 5.74) is 0.913. The molecule has 90 valence electrons. The first kappa shape index (κ1) is 13.0. The molecule has 0 aliphatic heterocycles. The van der Waals surface area contributed by atoms with Gasteiger partial charge in [-0.3, -0.25) is 0 Å². The molecular weight excluding hydrogens is 202 g/mol. The maximum atomic E-state index is 8.89. The number of nitrogens with zero attached hydrogens (tertiary/aromatic N) is 1. The smallest absolute Gasteiger partial charge is 0.119 e. The fraction of sp³-hybridized carbons (Fsp3) is 0.538. The Balaban J connectivity index is 2.31. The van der Waals surface area contributed by atoms with Gasteiger partial charge < -0.3 is 14.7 Å². The Kier molecular flexibility index (Phi) is 5.90. The lowest BCUT2D eigenvalue weighted by Crippen LogP contribution is -2.27. The average Bonchev–Trinajstić information content (AvgIpc) is 2.35. The number of hydrogen-bond acceptors (Lipinski definition) is 3. The molecule has 1 aromatic rings. The van der Waals surface area contributed by atoms with E-state index in [1.807, 2.05) is 24.3 Å². The fourth-order valence-corrected chi connectivity index (χ4v) is 1.52. The van der Waals surface area contributed by atoms with Crippen molar-refractivity contribution in [2.45, 2.75) is 20.5 Å². The second kappa shape index (κ2) is 7.25. The molecule has 3 heteroatoms. The van der Waals surface area contributed by atoms with Crippen molar-refractivity contribution in [1.29, 1.82) is 0 Å². The maximum absolute atomic E-state index is 8.89. The molecule has 0 spiro atoms. The molecule has 0 fully saturated rings. The lowest BCUT2D eigenvalue weighted by atomic mass is 10.2. The molecule has 3 nitrogen and oxygen atoms in total. The van der Waals surface area contributed by atoms with Crippen molar-refractivity contribution in [2.24, 2.45) is 0 Å². The Hall–Kier alpha value is -1.06. The quantitative estimate of drug-likeness (QED) is 0.766. The third kappa shape index (κ3) is 4.21. The van der Waals surface area contributed by atoms with Gasteiger partial charge in [-0.1, -0.05) is 26.0 Å². The average molecular weight is 223 g/mol. The Morgan fingerprint density at radius 2 is 1.75 bits per heavy atom. The summed E-state index contributed by atoms with van der Waals surface area (Å²) in [5, 5.41) is 8.89. The normalized spacial score (nSPS) is 10.8. The minimum absolute atomic E-state index is 0.0831. The Morgan fingerprint density at radius 1 is 1.12 bits per heavy atom. The molecule has 0 saturated carbocycles. The van der Waals surface area contributed by atoms with Crippen LogP contribution in [0, 0.1) is 0 Å². The number of likely N-dealkylation sites (N-methyl/N-ethyl adjacent to an activating group) is 1. The van der Waals surface area contributed by atoms with Crippen molar-refractivity contribution in [2.75, 3.05) is 26.2 Å². The Morgan fingerprint density at radius 3 is 2.25 bits per heavy atom. The highest BCUT2D eigenvalue weighted by molar-refractivity contribution is 5.26. The summed E-state index contributed by atoms with van der Waals surface area (Å²) in [6.45, 7) is 8.17. The van der Waals surface area contributed by atoms with E-state index in [0.717, 1.165) is 30.9 Å². The van der Waals surface area contributed by atoms with Gasteiger partial charge in [-0.25, -0.2) is 0 Å². The second-order valence-corrected chi connectivity index (χ2v) is 3.68. The summed E-state index contributed by atoms with van der Waals surface area (Å²) >= 11 is 0. The standard InChI is InChI=1S/C13H21NO2/c1-3-14(4-2)9-10-16-13-7-5-12(11-15)6-8-13/h5-8,15H,3-4,9-11H2,1-2H3. The van der Waals surface area contributed by atoms with Gasteiger partial charge in [0, 0.05) is 6.54 Å². The molecule has 0 radical (unpaired) electrons. The van der Waals surface area contributed by atoms with Gasteiger partial charge in [0.25, 0.3) is 0 Å². The molecular formula is C13H21NO2. The molecule has 1 rings (SSSR count). The SMILES string of the molecule is CCN(CC)CCOc1ccc(CO)cc1. The first-order valence-electron chi connectivity index (χ1n) is 5.85. The summed E-state index contributed by atoms with van der Waals surface area (Å²) in [4.78, 5) is 2.32. The third-order valence-corrected chi connectivity index (χ3v) is 2.68. The van der Waals surface area contributed by atoms with E-state index >= 15 is 0 Å². The zero-order chi connectivity index (χ0) is 11.8. The van der Waals surface area contributed by atoms with Crippen LogP contribution in [0.25, 0.3) is 0 Å². The molecule has 0 aromatic heterocycles. The van der Waals surface area contributed by atoms with Crippen LogP contribution in [-0.4, -0.2) is 36.2 Å². The van der Waals surface area contributed by atoms with Crippen LogP contribution in [0.5, 0.6) is 5.75 Å². The Bertz CT molecular complexity index is 280. The summed E-state index contributed by atoms with van der Waals surface area (Å²) in [6.07, 6.45) is 0. The topological polar surface area (TPSA) is 32.7 Å². The molecule has 1 aromatic carbocycles. The minimum atomic E-state index is 0.0831. The van der Waals surface area contributed by atoms with Crippen molar-refractivity contribution in [3.8, 4) is 5.75 Å². The molecule has 0 amide bonds. The maximum Gasteiger partial charge on any atom is 0.119 e. The predicted molar refractivity (Wildman–Crippen MR) is 65.6 cm³/mol. The first-order chi connectivity index (χ1) is 7.80. The minimum Gasteiger partial charge on any atom is -0.492 e. The van der Waals surface area contributed by atoms with Gasteiger partial charge in [0.1, 0.15) is 12.4 Å². The van der Waals surface area contributed by atoms with E-state index in [1.165, 1.54) is 0 Å². The molecule has 16 heavy (non-hydrogen) atoms.